The number of hydrogen-bond acceptors (Lipinski definition) is 4. The van der Waals surface area contributed by atoms with Crippen LogP contribution in [-0.4, -0.2) is 64.5 Å². The molecular weight excluding hydrogens is 340 g/mol. The van der Waals surface area contributed by atoms with E-state index in [4.69, 9.17) is 4.74 Å². The van der Waals surface area contributed by atoms with Gasteiger partial charge in [-0.2, -0.15) is 0 Å². The number of nitrogens with zero attached hydrogens (tertiary/aromatic N) is 3. The Kier molecular flexibility index (Phi) is 5.72. The Morgan fingerprint density at radius 2 is 1.85 bits per heavy atom. The van der Waals surface area contributed by atoms with Crippen molar-refractivity contribution in [3.05, 3.63) is 48.0 Å². The number of amides is 1. The first-order chi connectivity index (χ1) is 13.3. The standard InChI is InChI=1S/C21H28N4O2/c26-21(25-12-1-2-13-25)17-3-5-18(6-4-17)27-19-7-14-24(15-8-19)16-9-20-22-10-11-23-20/h3-6,10-11,19H,1-2,7-9,12-16H2,(H,22,23). The zero-order valence-electron chi connectivity index (χ0n) is 15.8. The van der Waals surface area contributed by atoms with Crippen molar-refractivity contribution in [2.45, 2.75) is 38.2 Å². The summed E-state index contributed by atoms with van der Waals surface area (Å²) in [6, 6.07) is 7.67. The van der Waals surface area contributed by atoms with E-state index in [1.165, 1.54) is 0 Å². The van der Waals surface area contributed by atoms with E-state index in [1.807, 2.05) is 35.4 Å². The highest BCUT2D eigenvalue weighted by Gasteiger charge is 2.22. The number of imidazole rings is 1. The number of likely N-dealkylation sites (tertiary alicyclic amines) is 2. The summed E-state index contributed by atoms with van der Waals surface area (Å²) < 4.78 is 6.14. The monoisotopic (exact) mass is 368 g/mol. The molecule has 2 saturated heterocycles. The van der Waals surface area contributed by atoms with Crippen LogP contribution in [0.15, 0.2) is 36.7 Å². The Morgan fingerprint density at radius 3 is 2.52 bits per heavy atom. The maximum Gasteiger partial charge on any atom is 0.253 e. The minimum atomic E-state index is 0.143. The molecule has 2 fully saturated rings. The first-order valence-corrected chi connectivity index (χ1v) is 10.0. The van der Waals surface area contributed by atoms with Crippen LogP contribution in [0.3, 0.4) is 0 Å². The fourth-order valence-electron chi connectivity index (χ4n) is 3.92. The van der Waals surface area contributed by atoms with Gasteiger partial charge in [-0.1, -0.05) is 0 Å². The number of aromatic nitrogens is 2. The average Bonchev–Trinajstić information content (AvgIpc) is 3.42. The summed E-state index contributed by atoms with van der Waals surface area (Å²) in [4.78, 5) is 24.3. The normalized spacial score (nSPS) is 18.7. The van der Waals surface area contributed by atoms with Gasteiger partial charge < -0.3 is 19.5 Å². The van der Waals surface area contributed by atoms with E-state index in [2.05, 4.69) is 14.9 Å². The molecule has 0 unspecified atom stereocenters. The molecule has 144 valence electrons. The lowest BCUT2D eigenvalue weighted by Crippen LogP contribution is -2.39. The molecule has 0 spiro atoms. The summed E-state index contributed by atoms with van der Waals surface area (Å²) >= 11 is 0. The number of rotatable bonds is 6. The topological polar surface area (TPSA) is 61.5 Å². The number of carbonyl (C=O) groups excluding carboxylic acids is 1. The lowest BCUT2D eigenvalue weighted by atomic mass is 10.1. The highest BCUT2D eigenvalue weighted by Crippen LogP contribution is 2.21. The van der Waals surface area contributed by atoms with Gasteiger partial charge in [-0.05, 0) is 49.9 Å². The highest BCUT2D eigenvalue weighted by molar-refractivity contribution is 5.94. The Labute approximate surface area is 160 Å². The smallest absolute Gasteiger partial charge is 0.253 e. The molecule has 6 nitrogen and oxygen atoms in total. The molecule has 0 bridgehead atoms. The van der Waals surface area contributed by atoms with Crippen LogP contribution in [0.2, 0.25) is 0 Å². The second-order valence-corrected chi connectivity index (χ2v) is 7.47. The van der Waals surface area contributed by atoms with Crippen molar-refractivity contribution in [1.29, 1.82) is 0 Å². The van der Waals surface area contributed by atoms with Crippen LogP contribution in [0.1, 0.15) is 41.9 Å². The number of H-pyrrole nitrogens is 1. The first-order valence-electron chi connectivity index (χ1n) is 10.0. The van der Waals surface area contributed by atoms with Crippen LogP contribution in [-0.2, 0) is 6.42 Å². The molecule has 0 radical (unpaired) electrons. The van der Waals surface area contributed by atoms with Gasteiger partial charge >= 0.3 is 0 Å². The quantitative estimate of drug-likeness (QED) is 0.852. The van der Waals surface area contributed by atoms with Crippen molar-refractivity contribution in [1.82, 2.24) is 19.8 Å². The molecular formula is C21H28N4O2. The van der Waals surface area contributed by atoms with Gasteiger partial charge in [-0.25, -0.2) is 4.98 Å². The largest absolute Gasteiger partial charge is 0.490 e. The summed E-state index contributed by atoms with van der Waals surface area (Å²) in [5.74, 6) is 2.06. The van der Waals surface area contributed by atoms with Gasteiger partial charge in [0.2, 0.25) is 0 Å². The Bertz CT molecular complexity index is 715. The number of carbonyl (C=O) groups is 1. The minimum Gasteiger partial charge on any atom is -0.490 e. The van der Waals surface area contributed by atoms with Crippen LogP contribution in [0, 0.1) is 0 Å². The zero-order chi connectivity index (χ0) is 18.5. The van der Waals surface area contributed by atoms with Gasteiger partial charge in [0.15, 0.2) is 0 Å². The van der Waals surface area contributed by atoms with Crippen LogP contribution < -0.4 is 4.74 Å². The van der Waals surface area contributed by atoms with E-state index in [1.54, 1.807) is 6.20 Å². The average molecular weight is 368 g/mol. The number of hydrogen-bond donors (Lipinski definition) is 1. The second kappa shape index (κ2) is 8.57. The maximum atomic E-state index is 12.4. The molecule has 3 heterocycles. The van der Waals surface area contributed by atoms with Crippen molar-refractivity contribution in [2.75, 3.05) is 32.7 Å². The number of piperidine rings is 1. The Balaban J connectivity index is 1.22. The first kappa shape index (κ1) is 18.0. The van der Waals surface area contributed by atoms with E-state index in [9.17, 15) is 4.79 Å². The molecule has 4 rings (SSSR count). The molecule has 1 amide bonds. The van der Waals surface area contributed by atoms with Gasteiger partial charge in [0.25, 0.3) is 5.91 Å². The van der Waals surface area contributed by atoms with E-state index in [-0.39, 0.29) is 12.0 Å². The summed E-state index contributed by atoms with van der Waals surface area (Å²) in [5, 5.41) is 0. The molecule has 1 N–H and O–H groups in total. The predicted octanol–water partition coefficient (Wildman–Crippen LogP) is 2.73. The van der Waals surface area contributed by atoms with E-state index in [0.29, 0.717) is 0 Å². The molecule has 2 aromatic rings. The van der Waals surface area contributed by atoms with Crippen LogP contribution in [0.25, 0.3) is 0 Å². The lowest BCUT2D eigenvalue weighted by Gasteiger charge is -2.32. The Morgan fingerprint density at radius 1 is 1.11 bits per heavy atom. The molecule has 0 saturated carbocycles. The van der Waals surface area contributed by atoms with E-state index in [0.717, 1.165) is 82.0 Å². The number of nitrogens with one attached hydrogen (secondary N) is 1. The summed E-state index contributed by atoms with van der Waals surface area (Å²) in [5.41, 5.74) is 0.761. The van der Waals surface area contributed by atoms with Crippen molar-refractivity contribution in [2.24, 2.45) is 0 Å². The van der Waals surface area contributed by atoms with E-state index >= 15 is 0 Å². The second-order valence-electron chi connectivity index (χ2n) is 7.47. The SMILES string of the molecule is O=C(c1ccc(OC2CCN(CCc3ncc[nH]3)CC2)cc1)N1CCCC1. The van der Waals surface area contributed by atoms with Crippen molar-refractivity contribution >= 4 is 5.91 Å². The third-order valence-electron chi connectivity index (χ3n) is 5.55. The number of aromatic amines is 1. The Hall–Kier alpha value is -2.34. The van der Waals surface area contributed by atoms with Crippen molar-refractivity contribution in [3.63, 3.8) is 0 Å². The predicted molar refractivity (Wildman–Crippen MR) is 104 cm³/mol. The van der Waals surface area contributed by atoms with E-state index < -0.39 is 0 Å². The third kappa shape index (κ3) is 4.69. The molecule has 1 aromatic carbocycles. The fourth-order valence-corrected chi connectivity index (χ4v) is 3.92. The zero-order valence-corrected chi connectivity index (χ0v) is 15.8. The van der Waals surface area contributed by atoms with Crippen LogP contribution in [0.5, 0.6) is 5.75 Å². The van der Waals surface area contributed by atoms with Gasteiger partial charge in [-0.15, -0.1) is 0 Å². The fraction of sp³-hybridized carbons (Fsp3) is 0.524. The lowest BCUT2D eigenvalue weighted by molar-refractivity contribution is 0.0792. The van der Waals surface area contributed by atoms with Gasteiger partial charge in [0.1, 0.15) is 17.7 Å². The highest BCUT2D eigenvalue weighted by atomic mass is 16.5. The van der Waals surface area contributed by atoms with Crippen molar-refractivity contribution in [3.8, 4) is 5.75 Å². The number of ether oxygens (including phenoxy) is 1. The summed E-state index contributed by atoms with van der Waals surface area (Å²) in [7, 11) is 0. The van der Waals surface area contributed by atoms with Crippen molar-refractivity contribution < 1.29 is 9.53 Å². The molecule has 2 aliphatic heterocycles. The molecule has 6 heteroatoms. The molecule has 0 aliphatic carbocycles. The maximum absolute atomic E-state index is 12.4. The van der Waals surface area contributed by atoms with Crippen LogP contribution in [0.4, 0.5) is 0 Å². The number of benzene rings is 1. The molecule has 27 heavy (non-hydrogen) atoms. The van der Waals surface area contributed by atoms with Gasteiger partial charge in [-0.3, -0.25) is 4.79 Å². The summed E-state index contributed by atoms with van der Waals surface area (Å²) in [6.07, 6.45) is 9.20. The molecule has 2 aliphatic rings. The summed E-state index contributed by atoms with van der Waals surface area (Å²) in [6.45, 7) is 4.91. The van der Waals surface area contributed by atoms with Gasteiger partial charge in [0, 0.05) is 57.1 Å². The third-order valence-corrected chi connectivity index (χ3v) is 5.55. The minimum absolute atomic E-state index is 0.143. The molecule has 0 atom stereocenters. The van der Waals surface area contributed by atoms with Gasteiger partial charge in [0.05, 0.1) is 0 Å². The van der Waals surface area contributed by atoms with Crippen LogP contribution >= 0.6 is 0 Å². The molecule has 1 aromatic heterocycles.